The molecule has 0 aliphatic heterocycles. The standard InChI is InChI=1S/C23H24ClFN2O3/c1-28-21-10-4-7-17(15-26-12-6-14-29-22-11-2-3-13-27-22)23(21)30-16-18-19(24)8-5-9-20(18)25/h2-5,7-11,13,26H,6,12,14-16H2,1H3. The Morgan fingerprint density at radius 3 is 2.67 bits per heavy atom. The molecule has 1 aromatic heterocycles. The van der Waals surface area contributed by atoms with Crippen molar-refractivity contribution in [3.8, 4) is 17.4 Å². The number of pyridine rings is 1. The van der Waals surface area contributed by atoms with E-state index in [0.29, 0.717) is 41.1 Å². The summed E-state index contributed by atoms with van der Waals surface area (Å²) in [4.78, 5) is 4.12. The van der Waals surface area contributed by atoms with Crippen molar-refractivity contribution in [2.45, 2.75) is 19.6 Å². The lowest BCUT2D eigenvalue weighted by Gasteiger charge is -2.16. The molecule has 3 rings (SSSR count). The maximum absolute atomic E-state index is 14.1. The predicted octanol–water partition coefficient (Wildman–Crippen LogP) is 5.02. The van der Waals surface area contributed by atoms with E-state index >= 15 is 0 Å². The topological polar surface area (TPSA) is 52.6 Å². The van der Waals surface area contributed by atoms with E-state index in [1.165, 1.54) is 6.07 Å². The first-order valence-electron chi connectivity index (χ1n) is 9.65. The number of para-hydroxylation sites is 1. The van der Waals surface area contributed by atoms with Crippen molar-refractivity contribution in [1.29, 1.82) is 0 Å². The van der Waals surface area contributed by atoms with E-state index < -0.39 is 5.82 Å². The van der Waals surface area contributed by atoms with Crippen LogP contribution in [0.1, 0.15) is 17.5 Å². The number of ether oxygens (including phenoxy) is 3. The van der Waals surface area contributed by atoms with E-state index in [1.54, 1.807) is 25.4 Å². The van der Waals surface area contributed by atoms with Crippen molar-refractivity contribution in [3.05, 3.63) is 82.8 Å². The van der Waals surface area contributed by atoms with Crippen LogP contribution >= 0.6 is 11.6 Å². The van der Waals surface area contributed by atoms with Gasteiger partial charge in [0, 0.05) is 29.9 Å². The smallest absolute Gasteiger partial charge is 0.213 e. The molecule has 0 bridgehead atoms. The second-order valence-corrected chi connectivity index (χ2v) is 6.89. The molecule has 2 aromatic carbocycles. The van der Waals surface area contributed by atoms with Gasteiger partial charge in [-0.3, -0.25) is 0 Å². The number of hydrogen-bond acceptors (Lipinski definition) is 5. The number of nitrogens with zero attached hydrogens (tertiary/aromatic N) is 1. The minimum absolute atomic E-state index is 0.0107. The maximum Gasteiger partial charge on any atom is 0.213 e. The molecule has 0 saturated carbocycles. The molecule has 0 unspecified atom stereocenters. The van der Waals surface area contributed by atoms with Crippen LogP contribution in [0.25, 0.3) is 0 Å². The highest BCUT2D eigenvalue weighted by Crippen LogP contribution is 2.32. The number of aromatic nitrogens is 1. The van der Waals surface area contributed by atoms with Gasteiger partial charge in [0.2, 0.25) is 5.88 Å². The van der Waals surface area contributed by atoms with Crippen LogP contribution in [-0.4, -0.2) is 25.2 Å². The first kappa shape index (κ1) is 21.9. The number of halogens is 2. The summed E-state index contributed by atoms with van der Waals surface area (Å²) in [5, 5.41) is 3.70. The summed E-state index contributed by atoms with van der Waals surface area (Å²) >= 11 is 6.11. The molecular formula is C23H24ClFN2O3. The van der Waals surface area contributed by atoms with Crippen LogP contribution in [0.15, 0.2) is 60.8 Å². The minimum Gasteiger partial charge on any atom is -0.493 e. The quantitative estimate of drug-likeness (QED) is 0.433. The fourth-order valence-corrected chi connectivity index (χ4v) is 3.09. The number of rotatable bonds is 11. The number of methoxy groups -OCH3 is 1. The van der Waals surface area contributed by atoms with Gasteiger partial charge in [0.1, 0.15) is 12.4 Å². The molecule has 0 amide bonds. The zero-order valence-electron chi connectivity index (χ0n) is 16.7. The third-order valence-corrected chi connectivity index (χ3v) is 4.76. The third kappa shape index (κ3) is 6.08. The lowest BCUT2D eigenvalue weighted by Crippen LogP contribution is -2.18. The fourth-order valence-electron chi connectivity index (χ4n) is 2.87. The number of nitrogens with one attached hydrogen (secondary N) is 1. The monoisotopic (exact) mass is 430 g/mol. The Morgan fingerprint density at radius 2 is 1.90 bits per heavy atom. The van der Waals surface area contributed by atoms with Crippen LogP contribution in [0, 0.1) is 5.82 Å². The summed E-state index contributed by atoms with van der Waals surface area (Å²) < 4.78 is 31.0. The first-order valence-corrected chi connectivity index (χ1v) is 10.0. The Balaban J connectivity index is 1.54. The van der Waals surface area contributed by atoms with E-state index in [-0.39, 0.29) is 6.61 Å². The van der Waals surface area contributed by atoms with E-state index in [0.717, 1.165) is 18.5 Å². The molecule has 0 aliphatic carbocycles. The van der Waals surface area contributed by atoms with Gasteiger partial charge >= 0.3 is 0 Å². The largest absolute Gasteiger partial charge is 0.493 e. The highest BCUT2D eigenvalue weighted by molar-refractivity contribution is 6.31. The van der Waals surface area contributed by atoms with Crippen molar-refractivity contribution in [3.63, 3.8) is 0 Å². The zero-order valence-corrected chi connectivity index (χ0v) is 17.5. The molecule has 0 aliphatic rings. The van der Waals surface area contributed by atoms with Crippen LogP contribution in [0.3, 0.4) is 0 Å². The normalized spacial score (nSPS) is 10.6. The minimum atomic E-state index is -0.398. The molecule has 0 radical (unpaired) electrons. The van der Waals surface area contributed by atoms with E-state index in [1.807, 2.05) is 36.4 Å². The average molecular weight is 431 g/mol. The molecule has 158 valence electrons. The number of benzene rings is 2. The van der Waals surface area contributed by atoms with Gasteiger partial charge in [-0.15, -0.1) is 0 Å². The summed E-state index contributed by atoms with van der Waals surface area (Å²) in [5.74, 6) is 1.37. The molecule has 0 spiro atoms. The zero-order chi connectivity index (χ0) is 21.2. The van der Waals surface area contributed by atoms with E-state index in [9.17, 15) is 4.39 Å². The molecule has 3 aromatic rings. The van der Waals surface area contributed by atoms with Crippen molar-refractivity contribution in [1.82, 2.24) is 10.3 Å². The molecule has 0 fully saturated rings. The molecule has 0 saturated heterocycles. The predicted molar refractivity (Wildman–Crippen MR) is 115 cm³/mol. The molecule has 7 heteroatoms. The summed E-state index contributed by atoms with van der Waals surface area (Å²) in [6, 6.07) is 15.8. The van der Waals surface area contributed by atoms with Crippen LogP contribution in [-0.2, 0) is 13.2 Å². The van der Waals surface area contributed by atoms with Crippen molar-refractivity contribution in [2.24, 2.45) is 0 Å². The van der Waals surface area contributed by atoms with Crippen molar-refractivity contribution < 1.29 is 18.6 Å². The maximum atomic E-state index is 14.1. The Kier molecular flexibility index (Phi) is 8.30. The SMILES string of the molecule is COc1cccc(CNCCCOc2ccccn2)c1OCc1c(F)cccc1Cl. The Bertz CT molecular complexity index is 921. The molecule has 5 nitrogen and oxygen atoms in total. The number of hydrogen-bond donors (Lipinski definition) is 1. The third-order valence-electron chi connectivity index (χ3n) is 4.40. The van der Waals surface area contributed by atoms with Crippen molar-refractivity contribution >= 4 is 11.6 Å². The highest BCUT2D eigenvalue weighted by Gasteiger charge is 2.13. The molecule has 1 N–H and O–H groups in total. The van der Waals surface area contributed by atoms with Gasteiger partial charge in [-0.2, -0.15) is 0 Å². The summed E-state index contributed by atoms with van der Waals surface area (Å²) in [5.41, 5.74) is 1.23. The Hall–Kier alpha value is -2.83. The van der Waals surface area contributed by atoms with Crippen LogP contribution in [0.2, 0.25) is 5.02 Å². The van der Waals surface area contributed by atoms with E-state index in [4.69, 9.17) is 25.8 Å². The second kappa shape index (κ2) is 11.4. The van der Waals surface area contributed by atoms with Gasteiger partial charge in [-0.1, -0.05) is 35.9 Å². The highest BCUT2D eigenvalue weighted by atomic mass is 35.5. The summed E-state index contributed by atoms with van der Waals surface area (Å²) in [6.07, 6.45) is 2.52. The summed E-state index contributed by atoms with van der Waals surface area (Å²) in [7, 11) is 1.57. The second-order valence-electron chi connectivity index (χ2n) is 6.48. The van der Waals surface area contributed by atoms with Crippen LogP contribution in [0.5, 0.6) is 17.4 Å². The van der Waals surface area contributed by atoms with Gasteiger partial charge in [0.15, 0.2) is 11.5 Å². The van der Waals surface area contributed by atoms with Gasteiger partial charge in [-0.25, -0.2) is 9.37 Å². The van der Waals surface area contributed by atoms with Gasteiger partial charge in [-0.05, 0) is 37.2 Å². The average Bonchev–Trinajstić information content (AvgIpc) is 2.77. The first-order chi connectivity index (χ1) is 14.7. The fraction of sp³-hybridized carbons (Fsp3) is 0.261. The van der Waals surface area contributed by atoms with Crippen molar-refractivity contribution in [2.75, 3.05) is 20.3 Å². The van der Waals surface area contributed by atoms with E-state index in [2.05, 4.69) is 10.3 Å². The Labute approximate surface area is 180 Å². The molecule has 30 heavy (non-hydrogen) atoms. The van der Waals surface area contributed by atoms with Gasteiger partial charge < -0.3 is 19.5 Å². The molecule has 0 atom stereocenters. The summed E-state index contributed by atoms with van der Waals surface area (Å²) in [6.45, 7) is 1.90. The van der Waals surface area contributed by atoms with Crippen LogP contribution in [0.4, 0.5) is 4.39 Å². The lowest BCUT2D eigenvalue weighted by atomic mass is 10.1. The van der Waals surface area contributed by atoms with Gasteiger partial charge in [0.25, 0.3) is 0 Å². The Morgan fingerprint density at radius 1 is 1.03 bits per heavy atom. The van der Waals surface area contributed by atoms with Crippen LogP contribution < -0.4 is 19.5 Å². The lowest BCUT2D eigenvalue weighted by molar-refractivity contribution is 0.275. The molecular weight excluding hydrogens is 407 g/mol. The van der Waals surface area contributed by atoms with Gasteiger partial charge in [0.05, 0.1) is 18.7 Å². The molecule has 1 heterocycles.